The Bertz CT molecular complexity index is 1890. The molecule has 0 radical (unpaired) electrons. The van der Waals surface area contributed by atoms with E-state index in [2.05, 4.69) is 38.3 Å². The van der Waals surface area contributed by atoms with Crippen LogP contribution in [0.3, 0.4) is 0 Å². The minimum atomic E-state index is -5.54. The average molecular weight is 1330 g/mol. The normalized spacial score (nSPS) is 23.3. The van der Waals surface area contributed by atoms with Gasteiger partial charge in [0.1, 0.15) is 36.5 Å². The molecule has 2 aliphatic rings. The molecule has 0 aromatic rings. The van der Waals surface area contributed by atoms with Crippen LogP contribution in [0.1, 0.15) is 310 Å². The number of carbonyl (C=O) groups excluding carboxylic acids is 4. The molecule has 22 nitrogen and oxygen atoms in total. The van der Waals surface area contributed by atoms with Gasteiger partial charge in [-0.3, -0.25) is 23.7 Å². The first-order valence-electron chi connectivity index (χ1n) is 36.1. The van der Waals surface area contributed by atoms with E-state index >= 15 is 0 Å². The van der Waals surface area contributed by atoms with E-state index in [9.17, 15) is 69.3 Å². The Morgan fingerprint density at radius 3 is 1.00 bits per heavy atom. The van der Waals surface area contributed by atoms with Crippen molar-refractivity contribution in [1.82, 2.24) is 10.6 Å². The molecule has 2 aliphatic heterocycles. The molecule has 0 aromatic carbocycles. The van der Waals surface area contributed by atoms with Gasteiger partial charge in [0.05, 0.1) is 63.3 Å². The number of phosphoric acid groups is 1. The molecule has 4 unspecified atom stereocenters. The van der Waals surface area contributed by atoms with Crippen molar-refractivity contribution in [1.29, 1.82) is 0 Å². The summed E-state index contributed by atoms with van der Waals surface area (Å²) < 4.78 is 47.5. The second-order valence-corrected chi connectivity index (χ2v) is 27.4. The van der Waals surface area contributed by atoms with Gasteiger partial charge in [0.25, 0.3) is 0 Å². The first-order valence-corrected chi connectivity index (χ1v) is 37.6. The first kappa shape index (κ1) is 84.7. The molecule has 0 bridgehead atoms. The van der Waals surface area contributed by atoms with Crippen molar-refractivity contribution in [3.8, 4) is 0 Å². The highest BCUT2D eigenvalue weighted by Gasteiger charge is 2.53. The molecule has 0 saturated carbocycles. The van der Waals surface area contributed by atoms with Crippen molar-refractivity contribution in [2.45, 2.75) is 396 Å². The quantitative estimate of drug-likeness (QED) is 0.0153. The van der Waals surface area contributed by atoms with Crippen LogP contribution in [0.5, 0.6) is 0 Å². The maximum atomic E-state index is 13.9. The van der Waals surface area contributed by atoms with Crippen molar-refractivity contribution in [2.75, 3.05) is 13.2 Å². The maximum absolute atomic E-state index is 13.9. The highest BCUT2D eigenvalue weighted by molar-refractivity contribution is 7.46. The van der Waals surface area contributed by atoms with Crippen LogP contribution in [-0.4, -0.2) is 168 Å². The highest BCUT2D eigenvalue weighted by atomic mass is 31.2. The number of unbranched alkanes of at least 4 members (excludes halogenated alkanes) is 32. The van der Waals surface area contributed by atoms with Crippen LogP contribution in [0.15, 0.2) is 0 Å². The lowest BCUT2D eigenvalue weighted by Crippen LogP contribution is -2.67. The van der Waals surface area contributed by atoms with Gasteiger partial charge in [0, 0.05) is 0 Å². The van der Waals surface area contributed by atoms with Crippen LogP contribution in [-0.2, 0) is 52.0 Å². The number of rotatable bonds is 58. The molecule has 91 heavy (non-hydrogen) atoms. The minimum Gasteiger partial charge on any atom is -0.457 e. The van der Waals surface area contributed by atoms with E-state index in [4.69, 9.17) is 28.2 Å². The lowest BCUT2D eigenvalue weighted by atomic mass is 9.95. The Hall–Kier alpha value is -2.41. The van der Waals surface area contributed by atoms with Gasteiger partial charge >= 0.3 is 19.8 Å². The van der Waals surface area contributed by atoms with Gasteiger partial charge in [-0.15, -0.1) is 0 Å². The number of phosphoric ester groups is 1. The molecule has 536 valence electrons. The van der Waals surface area contributed by atoms with Gasteiger partial charge in [-0.1, -0.05) is 259 Å². The number of ether oxygens (including phenoxy) is 5. The van der Waals surface area contributed by atoms with Crippen molar-refractivity contribution >= 4 is 31.6 Å². The Kier molecular flexibility index (Phi) is 49.1. The van der Waals surface area contributed by atoms with E-state index in [0.29, 0.717) is 38.5 Å². The number of esters is 2. The molecule has 0 spiro atoms. The molecule has 2 amide bonds. The van der Waals surface area contributed by atoms with E-state index in [-0.39, 0.29) is 12.8 Å². The second kappa shape index (κ2) is 52.7. The summed E-state index contributed by atoms with van der Waals surface area (Å²) in [5, 5.41) is 83.4. The summed E-state index contributed by atoms with van der Waals surface area (Å²) in [4.78, 5) is 75.5. The monoisotopic (exact) mass is 1320 g/mol. The SMILES string of the molecule is CCCCCCCCCCC[C@@H](O)CC(=O)N[C@@H]1C(OC(=O)C[C@H](O)CCCCCCCCCCC)[C@H](O)C(CO[C@H]2OC(CO)[C@@H](O)C(OC(=O)C[C@H](O)CCCCCCCCCCC)[C@H]2NC(=O)C[C@H](O)CCCCCCCCCCC)O[C@@H]1OP(=O)(O)O. The lowest BCUT2D eigenvalue weighted by molar-refractivity contribution is -0.298. The maximum Gasteiger partial charge on any atom is 0.472 e. The summed E-state index contributed by atoms with van der Waals surface area (Å²) >= 11 is 0. The third-order valence-electron chi connectivity index (χ3n) is 17.6. The molecule has 2 saturated heterocycles. The molecule has 0 aliphatic carbocycles. The molecule has 0 aromatic heterocycles. The Labute approximate surface area is 546 Å². The summed E-state index contributed by atoms with van der Waals surface area (Å²) in [7, 11) is -5.54. The predicted molar refractivity (Wildman–Crippen MR) is 349 cm³/mol. The molecule has 2 rings (SSSR count). The number of amides is 2. The van der Waals surface area contributed by atoms with Gasteiger partial charge in [0.15, 0.2) is 24.8 Å². The van der Waals surface area contributed by atoms with Crippen LogP contribution in [0.4, 0.5) is 0 Å². The Morgan fingerprint density at radius 1 is 0.418 bits per heavy atom. The lowest BCUT2D eigenvalue weighted by Gasteiger charge is -2.46. The van der Waals surface area contributed by atoms with Gasteiger partial charge in [-0.25, -0.2) is 4.57 Å². The van der Waals surface area contributed by atoms with Crippen LogP contribution >= 0.6 is 7.82 Å². The number of nitrogens with one attached hydrogen (secondary N) is 2. The molecular weight excluding hydrogens is 1200 g/mol. The van der Waals surface area contributed by atoms with Gasteiger partial charge in [-0.05, 0) is 25.7 Å². The third kappa shape index (κ3) is 40.7. The molecule has 11 N–H and O–H groups in total. The zero-order valence-corrected chi connectivity index (χ0v) is 57.5. The molecule has 23 heteroatoms. The summed E-state index contributed by atoms with van der Waals surface area (Å²) in [6, 6.07) is -3.44. The smallest absolute Gasteiger partial charge is 0.457 e. The van der Waals surface area contributed by atoms with E-state index in [0.717, 1.165) is 135 Å². The van der Waals surface area contributed by atoms with Gasteiger partial charge in [0.2, 0.25) is 11.8 Å². The number of aliphatic hydroxyl groups is 7. The Balaban J connectivity index is 2.43. The largest absolute Gasteiger partial charge is 0.472 e. The van der Waals surface area contributed by atoms with Crippen molar-refractivity contribution in [2.24, 2.45) is 0 Å². The number of hydrogen-bond acceptors (Lipinski definition) is 18. The minimum absolute atomic E-state index is 0.246. The topological polar surface area (TPSA) is 347 Å². The summed E-state index contributed by atoms with van der Waals surface area (Å²) in [5.41, 5.74) is 0. The highest BCUT2D eigenvalue weighted by Crippen LogP contribution is 2.41. The zero-order valence-electron chi connectivity index (χ0n) is 56.6. The molecule has 2 fully saturated rings. The fraction of sp³-hybridized carbons (Fsp3) is 0.941. The predicted octanol–water partition coefficient (Wildman–Crippen LogP) is 10.8. The average Bonchev–Trinajstić information content (AvgIpc) is 0.815. The van der Waals surface area contributed by atoms with Gasteiger partial charge in [-0.2, -0.15) is 0 Å². The second-order valence-electron chi connectivity index (χ2n) is 26.2. The van der Waals surface area contributed by atoms with Crippen LogP contribution in [0.25, 0.3) is 0 Å². The summed E-state index contributed by atoms with van der Waals surface area (Å²) in [6.45, 7) is 6.95. The Morgan fingerprint density at radius 2 is 0.692 bits per heavy atom. The van der Waals surface area contributed by atoms with Gasteiger partial charge < -0.3 is 79.9 Å². The molecule has 14 atom stereocenters. The van der Waals surface area contributed by atoms with E-state index < -0.39 is 156 Å². The third-order valence-corrected chi connectivity index (χ3v) is 18.1. The standard InChI is InChI=1S/C68H129N2O20P/c1-5-9-13-17-21-25-29-33-37-41-51(72)45-57(76)69-61-65(88-59(78)47-53(74)43-39-35-31-27-23-19-15-11-7-3)63(80)55(49-71)86-67(61)85-50-56-64(81)66(89-60(79)48-54(75)44-40-36-32-28-24-20-16-12-8-4)62(68(87-56)90-91(82,83)84)70-58(77)46-52(73)42-38-34-30-26-22-18-14-10-6-2/h51-56,61-68,71-75,80-81H,5-50H2,1-4H3,(H,69,76)(H,70,77)(H2,82,83,84)/t51-,52-,53-,54-,55?,56?,61-,62-,63-,64-,65?,66?,67+,68-/m1/s1. The molecule has 2 heterocycles. The zero-order chi connectivity index (χ0) is 67.1. The number of carbonyl (C=O) groups is 4. The summed E-state index contributed by atoms with van der Waals surface area (Å²) in [5.74, 6) is -3.62. The van der Waals surface area contributed by atoms with Crippen molar-refractivity contribution in [3.05, 3.63) is 0 Å². The number of aliphatic hydroxyl groups excluding tert-OH is 7. The van der Waals surface area contributed by atoms with E-state index in [1.807, 2.05) is 0 Å². The van der Waals surface area contributed by atoms with Crippen LogP contribution < -0.4 is 10.6 Å². The van der Waals surface area contributed by atoms with Crippen LogP contribution in [0.2, 0.25) is 0 Å². The van der Waals surface area contributed by atoms with Crippen molar-refractivity contribution < 1.29 is 97.5 Å². The van der Waals surface area contributed by atoms with Crippen molar-refractivity contribution in [3.63, 3.8) is 0 Å². The fourth-order valence-electron chi connectivity index (χ4n) is 12.1. The van der Waals surface area contributed by atoms with E-state index in [1.165, 1.54) is 70.6 Å². The molecular formula is C68H129N2O20P. The summed E-state index contributed by atoms with van der Waals surface area (Å²) in [6.07, 6.45) is 17.3. The van der Waals surface area contributed by atoms with E-state index in [1.54, 1.807) is 0 Å². The fourth-order valence-corrected chi connectivity index (χ4v) is 12.6. The first-order chi connectivity index (χ1) is 43.8. The number of hydrogen-bond donors (Lipinski definition) is 11. The van der Waals surface area contributed by atoms with Crippen LogP contribution in [0, 0.1) is 0 Å².